The minimum Gasteiger partial charge on any atom is -0.494 e. The normalized spacial score (nSPS) is 10.9. The maximum atomic E-state index is 14.4. The molecule has 0 fully saturated rings. The van der Waals surface area contributed by atoms with Crippen molar-refractivity contribution in [3.8, 4) is 28.3 Å². The summed E-state index contributed by atoms with van der Waals surface area (Å²) in [7, 11) is 1.48. The number of halogens is 2. The molecule has 0 bridgehead atoms. The molecule has 0 unspecified atom stereocenters. The van der Waals surface area contributed by atoms with Crippen LogP contribution < -0.4 is 10.1 Å². The van der Waals surface area contributed by atoms with Crippen LogP contribution in [-0.4, -0.2) is 40.3 Å². The van der Waals surface area contributed by atoms with Crippen LogP contribution in [0.15, 0.2) is 54.9 Å². The molecule has 0 aliphatic heterocycles. The number of nitrogens with one attached hydrogen (secondary N) is 1. The molecular weight excluding hydrogens is 390 g/mol. The van der Waals surface area contributed by atoms with Gasteiger partial charge in [0.25, 0.3) is 0 Å². The average Bonchev–Trinajstić information content (AvgIpc) is 2.79. The Morgan fingerprint density at radius 2 is 1.93 bits per heavy atom. The molecule has 8 heteroatoms. The van der Waals surface area contributed by atoms with Crippen molar-refractivity contribution in [3.05, 3.63) is 66.5 Å². The summed E-state index contributed by atoms with van der Waals surface area (Å²) in [4.78, 5) is 13.3. The number of rotatable bonds is 6. The molecule has 2 aromatic heterocycles. The SMILES string of the molecule is COc1cc(-c2cccc(F)c2F)cc2c(NCCO)nc(-c3cccnc3)nc12. The van der Waals surface area contributed by atoms with E-state index in [0.717, 1.165) is 6.07 Å². The maximum absolute atomic E-state index is 14.4. The third-order valence-electron chi connectivity index (χ3n) is 4.57. The number of aromatic nitrogens is 3. The van der Waals surface area contributed by atoms with Crippen LogP contribution >= 0.6 is 0 Å². The molecule has 2 aromatic carbocycles. The Morgan fingerprint density at radius 3 is 2.67 bits per heavy atom. The van der Waals surface area contributed by atoms with Gasteiger partial charge in [-0.05, 0) is 35.9 Å². The third kappa shape index (κ3) is 3.65. The van der Waals surface area contributed by atoms with Gasteiger partial charge in [-0.25, -0.2) is 18.7 Å². The number of benzene rings is 2. The molecule has 0 aliphatic carbocycles. The topological polar surface area (TPSA) is 80.2 Å². The second kappa shape index (κ2) is 8.38. The lowest BCUT2D eigenvalue weighted by Gasteiger charge is -2.15. The van der Waals surface area contributed by atoms with E-state index in [2.05, 4.69) is 20.3 Å². The van der Waals surface area contributed by atoms with E-state index < -0.39 is 11.6 Å². The second-order valence-corrected chi connectivity index (χ2v) is 6.46. The lowest BCUT2D eigenvalue weighted by atomic mass is 10.0. The molecular formula is C22H18F2N4O2. The minimum absolute atomic E-state index is 0.0969. The summed E-state index contributed by atoms with van der Waals surface area (Å²) in [5, 5.41) is 12.9. The van der Waals surface area contributed by atoms with Crippen molar-refractivity contribution in [2.24, 2.45) is 0 Å². The summed E-state index contributed by atoms with van der Waals surface area (Å²) >= 11 is 0. The third-order valence-corrected chi connectivity index (χ3v) is 4.57. The smallest absolute Gasteiger partial charge is 0.166 e. The van der Waals surface area contributed by atoms with Crippen LogP contribution in [0, 0.1) is 11.6 Å². The number of hydrogen-bond acceptors (Lipinski definition) is 6. The Bertz CT molecular complexity index is 1200. The van der Waals surface area contributed by atoms with Crippen molar-refractivity contribution >= 4 is 16.7 Å². The Balaban J connectivity index is 1.98. The van der Waals surface area contributed by atoms with Gasteiger partial charge in [-0.2, -0.15) is 0 Å². The van der Waals surface area contributed by atoms with Crippen LogP contribution in [0.1, 0.15) is 0 Å². The number of fused-ring (bicyclic) bond motifs is 1. The molecule has 2 N–H and O–H groups in total. The fourth-order valence-electron chi connectivity index (χ4n) is 3.17. The van der Waals surface area contributed by atoms with E-state index in [1.165, 1.54) is 19.2 Å². The van der Waals surface area contributed by atoms with Crippen LogP contribution in [0.25, 0.3) is 33.4 Å². The molecule has 2 heterocycles. The van der Waals surface area contributed by atoms with Gasteiger partial charge in [0.05, 0.1) is 13.7 Å². The summed E-state index contributed by atoms with van der Waals surface area (Å²) in [6.45, 7) is 0.141. The summed E-state index contributed by atoms with van der Waals surface area (Å²) < 4.78 is 33.7. The van der Waals surface area contributed by atoms with Gasteiger partial charge in [-0.3, -0.25) is 4.98 Å². The van der Waals surface area contributed by atoms with Crippen molar-refractivity contribution in [2.75, 3.05) is 25.6 Å². The Labute approximate surface area is 171 Å². The molecule has 6 nitrogen and oxygen atoms in total. The van der Waals surface area contributed by atoms with E-state index in [1.54, 1.807) is 30.6 Å². The van der Waals surface area contributed by atoms with E-state index in [0.29, 0.717) is 39.4 Å². The van der Waals surface area contributed by atoms with Crippen LogP contribution in [0.4, 0.5) is 14.6 Å². The lowest BCUT2D eigenvalue weighted by molar-refractivity contribution is 0.311. The number of anilines is 1. The molecule has 0 atom stereocenters. The van der Waals surface area contributed by atoms with Crippen molar-refractivity contribution in [2.45, 2.75) is 0 Å². The first kappa shape index (κ1) is 19.7. The summed E-state index contributed by atoms with van der Waals surface area (Å²) in [5.74, 6) is -0.653. The molecule has 4 aromatic rings. The maximum Gasteiger partial charge on any atom is 0.166 e. The predicted molar refractivity (Wildman–Crippen MR) is 110 cm³/mol. The Kier molecular flexibility index (Phi) is 5.49. The van der Waals surface area contributed by atoms with E-state index in [9.17, 15) is 13.9 Å². The van der Waals surface area contributed by atoms with E-state index in [1.807, 2.05) is 6.07 Å². The van der Waals surface area contributed by atoms with Gasteiger partial charge < -0.3 is 15.2 Å². The average molecular weight is 408 g/mol. The predicted octanol–water partition coefficient (Wildman–Crippen LogP) is 4.05. The standard InChI is InChI=1S/C22H18F2N4O2/c1-30-18-11-14(15-5-2-6-17(23)19(15)24)10-16-20(18)27-21(13-4-3-7-25-12-13)28-22(16)26-8-9-29/h2-7,10-12,29H,8-9H2,1H3,(H,26,27,28). The number of ether oxygens (including phenoxy) is 1. The summed E-state index contributed by atoms with van der Waals surface area (Å²) in [6, 6.07) is 10.9. The number of methoxy groups -OCH3 is 1. The van der Waals surface area contributed by atoms with Crippen LogP contribution in [0.2, 0.25) is 0 Å². The first-order valence-corrected chi connectivity index (χ1v) is 9.21. The molecule has 4 rings (SSSR count). The van der Waals surface area contributed by atoms with Crippen LogP contribution in [0.3, 0.4) is 0 Å². The number of pyridine rings is 1. The van der Waals surface area contributed by atoms with Gasteiger partial charge in [-0.15, -0.1) is 0 Å². The highest BCUT2D eigenvalue weighted by molar-refractivity contribution is 5.97. The molecule has 30 heavy (non-hydrogen) atoms. The number of nitrogens with zero attached hydrogens (tertiary/aromatic N) is 3. The molecule has 0 aliphatic rings. The van der Waals surface area contributed by atoms with Crippen molar-refractivity contribution in [3.63, 3.8) is 0 Å². The first-order chi connectivity index (χ1) is 14.6. The first-order valence-electron chi connectivity index (χ1n) is 9.21. The largest absolute Gasteiger partial charge is 0.494 e. The van der Waals surface area contributed by atoms with Crippen molar-refractivity contribution in [1.82, 2.24) is 15.0 Å². The molecule has 0 radical (unpaired) electrons. The van der Waals surface area contributed by atoms with Gasteiger partial charge in [0.15, 0.2) is 17.5 Å². The van der Waals surface area contributed by atoms with Crippen molar-refractivity contribution in [1.29, 1.82) is 0 Å². The fraction of sp³-hybridized carbons (Fsp3) is 0.136. The highest BCUT2D eigenvalue weighted by Gasteiger charge is 2.17. The molecule has 0 saturated heterocycles. The Morgan fingerprint density at radius 1 is 1.07 bits per heavy atom. The van der Waals surface area contributed by atoms with E-state index >= 15 is 0 Å². The van der Waals surface area contributed by atoms with Crippen LogP contribution in [0.5, 0.6) is 5.75 Å². The lowest BCUT2D eigenvalue weighted by Crippen LogP contribution is -2.09. The van der Waals surface area contributed by atoms with Gasteiger partial charge in [0, 0.05) is 35.5 Å². The molecule has 0 amide bonds. The van der Waals surface area contributed by atoms with E-state index in [4.69, 9.17) is 4.74 Å². The van der Waals surface area contributed by atoms with E-state index in [-0.39, 0.29) is 18.7 Å². The summed E-state index contributed by atoms with van der Waals surface area (Å²) in [5.41, 5.74) is 1.71. The van der Waals surface area contributed by atoms with Crippen LogP contribution in [-0.2, 0) is 0 Å². The monoisotopic (exact) mass is 408 g/mol. The number of aliphatic hydroxyl groups excluding tert-OH is 1. The summed E-state index contributed by atoms with van der Waals surface area (Å²) in [6.07, 6.45) is 3.29. The molecule has 0 saturated carbocycles. The number of aliphatic hydroxyl groups is 1. The quantitative estimate of drug-likeness (QED) is 0.501. The second-order valence-electron chi connectivity index (χ2n) is 6.46. The molecule has 0 spiro atoms. The Hall–Kier alpha value is -3.65. The van der Waals surface area contributed by atoms with Gasteiger partial charge in [-0.1, -0.05) is 12.1 Å². The zero-order chi connectivity index (χ0) is 21.1. The van der Waals surface area contributed by atoms with Gasteiger partial charge in [0.1, 0.15) is 17.1 Å². The highest BCUT2D eigenvalue weighted by Crippen LogP contribution is 2.36. The highest BCUT2D eigenvalue weighted by atomic mass is 19.2. The number of hydrogen-bond donors (Lipinski definition) is 2. The fourth-order valence-corrected chi connectivity index (χ4v) is 3.17. The van der Waals surface area contributed by atoms with Crippen molar-refractivity contribution < 1.29 is 18.6 Å². The minimum atomic E-state index is -0.948. The van der Waals surface area contributed by atoms with Gasteiger partial charge in [0.2, 0.25) is 0 Å². The van der Waals surface area contributed by atoms with Gasteiger partial charge >= 0.3 is 0 Å². The molecule has 152 valence electrons. The zero-order valence-corrected chi connectivity index (χ0v) is 16.1. The zero-order valence-electron chi connectivity index (χ0n) is 16.1.